The predicted octanol–water partition coefficient (Wildman–Crippen LogP) is 4.02. The smallest absolute Gasteiger partial charge is 0.310 e. The van der Waals surface area contributed by atoms with Crippen LogP contribution in [0.5, 0.6) is 0 Å². The van der Waals surface area contributed by atoms with E-state index in [2.05, 4.69) is 27.0 Å². The summed E-state index contributed by atoms with van der Waals surface area (Å²) in [7, 11) is 0. The maximum atomic E-state index is 13.5. The third-order valence-corrected chi connectivity index (χ3v) is 7.65. The lowest BCUT2D eigenvalue weighted by atomic mass is 9.85. The maximum Gasteiger partial charge on any atom is 0.328 e. The quantitative estimate of drug-likeness (QED) is 0.519. The molecular formula is C25H27N5O2S. The van der Waals surface area contributed by atoms with E-state index >= 15 is 0 Å². The molecule has 0 unspecified atom stereocenters. The summed E-state index contributed by atoms with van der Waals surface area (Å²) in [6, 6.07) is 15.6. The Morgan fingerprint density at radius 3 is 2.42 bits per heavy atom. The van der Waals surface area contributed by atoms with Gasteiger partial charge in [0.25, 0.3) is 5.91 Å². The number of hydrogen-bond acceptors (Lipinski definition) is 6. The van der Waals surface area contributed by atoms with Crippen molar-refractivity contribution in [3.8, 4) is 10.6 Å². The van der Waals surface area contributed by atoms with Crippen molar-refractivity contribution in [1.29, 1.82) is 0 Å². The number of carbonyl (C=O) groups excluding carboxylic acids is 2. The molecule has 3 aromatic rings. The fourth-order valence-corrected chi connectivity index (χ4v) is 5.85. The summed E-state index contributed by atoms with van der Waals surface area (Å²) in [5, 5.41) is 1.03. The zero-order chi connectivity index (χ0) is 22.8. The van der Waals surface area contributed by atoms with Crippen LogP contribution in [-0.2, 0) is 17.9 Å². The molecule has 2 fully saturated rings. The summed E-state index contributed by atoms with van der Waals surface area (Å²) in [6.45, 7) is 5.05. The molecule has 0 aliphatic carbocycles. The van der Waals surface area contributed by atoms with Crippen molar-refractivity contribution in [2.75, 3.05) is 19.6 Å². The van der Waals surface area contributed by atoms with Crippen molar-refractivity contribution in [3.05, 3.63) is 71.5 Å². The van der Waals surface area contributed by atoms with Crippen LogP contribution >= 0.6 is 11.3 Å². The topological polar surface area (TPSA) is 69.6 Å². The van der Waals surface area contributed by atoms with Crippen molar-refractivity contribution in [3.63, 3.8) is 0 Å². The Balaban J connectivity index is 1.26. The van der Waals surface area contributed by atoms with Crippen LogP contribution in [0.15, 0.2) is 60.9 Å². The highest BCUT2D eigenvalue weighted by Gasteiger charge is 2.57. The predicted molar refractivity (Wildman–Crippen MR) is 127 cm³/mol. The lowest BCUT2D eigenvalue weighted by Crippen LogP contribution is -2.56. The van der Waals surface area contributed by atoms with Gasteiger partial charge in [-0.3, -0.25) is 19.6 Å². The van der Waals surface area contributed by atoms with Gasteiger partial charge >= 0.3 is 6.03 Å². The Kier molecular flexibility index (Phi) is 5.95. The van der Waals surface area contributed by atoms with Crippen molar-refractivity contribution in [2.45, 2.75) is 38.4 Å². The van der Waals surface area contributed by atoms with Crippen LogP contribution in [0, 0.1) is 0 Å². The van der Waals surface area contributed by atoms with Crippen molar-refractivity contribution in [1.82, 2.24) is 24.7 Å². The standard InChI is InChI=1S/C25H27N5O2S/c1-2-30-24(32)29(17-20-10-6-7-13-26-20)23(31)25(30)11-14-28(15-12-25)18-21-16-27-22(33-21)19-8-4-3-5-9-19/h3-10,13,16H,2,11-12,14-15,17-18H2,1H3. The fourth-order valence-electron chi connectivity index (χ4n) is 4.89. The van der Waals surface area contributed by atoms with E-state index in [1.165, 1.54) is 9.78 Å². The number of hydrogen-bond donors (Lipinski definition) is 0. The molecule has 5 rings (SSSR count). The highest BCUT2D eigenvalue weighted by molar-refractivity contribution is 7.15. The average molecular weight is 462 g/mol. The summed E-state index contributed by atoms with van der Waals surface area (Å²) >= 11 is 1.71. The summed E-state index contributed by atoms with van der Waals surface area (Å²) in [4.78, 5) is 42.2. The van der Waals surface area contributed by atoms with Gasteiger partial charge in [-0.05, 0) is 31.9 Å². The molecule has 170 valence electrons. The largest absolute Gasteiger partial charge is 0.328 e. The molecule has 2 aliphatic heterocycles. The highest BCUT2D eigenvalue weighted by atomic mass is 32.1. The SMILES string of the molecule is CCN1C(=O)N(Cc2ccccn2)C(=O)C12CCN(Cc1cnc(-c3ccccc3)s1)CC2. The van der Waals surface area contributed by atoms with Gasteiger partial charge in [-0.15, -0.1) is 11.3 Å². The molecule has 2 saturated heterocycles. The minimum atomic E-state index is -0.736. The van der Waals surface area contributed by atoms with E-state index in [0.29, 0.717) is 19.4 Å². The summed E-state index contributed by atoms with van der Waals surface area (Å²) < 4.78 is 0. The van der Waals surface area contributed by atoms with Crippen LogP contribution in [0.2, 0.25) is 0 Å². The van der Waals surface area contributed by atoms with E-state index in [1.54, 1.807) is 22.4 Å². The molecule has 0 N–H and O–H groups in total. The van der Waals surface area contributed by atoms with Crippen molar-refractivity contribution in [2.24, 2.45) is 0 Å². The second kappa shape index (κ2) is 9.03. The first-order valence-corrected chi connectivity index (χ1v) is 12.2. The van der Waals surface area contributed by atoms with E-state index in [-0.39, 0.29) is 18.5 Å². The molecule has 7 nitrogen and oxygen atoms in total. The molecule has 3 amide bonds. The molecule has 33 heavy (non-hydrogen) atoms. The first-order valence-electron chi connectivity index (χ1n) is 11.4. The van der Waals surface area contributed by atoms with E-state index < -0.39 is 5.54 Å². The zero-order valence-electron chi connectivity index (χ0n) is 18.7. The second-order valence-electron chi connectivity index (χ2n) is 8.54. The van der Waals surface area contributed by atoms with Gasteiger partial charge in [-0.1, -0.05) is 36.4 Å². The molecule has 4 heterocycles. The van der Waals surface area contributed by atoms with Crippen molar-refractivity contribution >= 4 is 23.3 Å². The molecule has 2 aliphatic rings. The fraction of sp³-hybridized carbons (Fsp3) is 0.360. The van der Waals surface area contributed by atoms with Gasteiger partial charge in [0.05, 0.1) is 12.2 Å². The summed E-state index contributed by atoms with van der Waals surface area (Å²) in [5.41, 5.74) is 1.12. The highest BCUT2D eigenvalue weighted by Crippen LogP contribution is 2.38. The number of benzene rings is 1. The number of piperidine rings is 1. The Bertz CT molecular complexity index is 1130. The van der Waals surface area contributed by atoms with Gasteiger partial charge in [0.15, 0.2) is 0 Å². The molecule has 2 aromatic heterocycles. The van der Waals surface area contributed by atoms with Crippen LogP contribution in [0.3, 0.4) is 0 Å². The zero-order valence-corrected chi connectivity index (χ0v) is 19.5. The number of carbonyl (C=O) groups is 2. The lowest BCUT2D eigenvalue weighted by Gasteiger charge is -2.41. The number of nitrogens with zero attached hydrogens (tertiary/aromatic N) is 5. The first-order chi connectivity index (χ1) is 16.1. The maximum absolute atomic E-state index is 13.5. The normalized spacial score (nSPS) is 18.5. The number of pyridine rings is 1. The summed E-state index contributed by atoms with van der Waals surface area (Å²) in [6.07, 6.45) is 4.94. The van der Waals surface area contributed by atoms with Gasteiger partial charge in [0, 0.05) is 49.0 Å². The molecule has 8 heteroatoms. The lowest BCUT2D eigenvalue weighted by molar-refractivity contribution is -0.136. The first kappa shape index (κ1) is 21.7. The van der Waals surface area contributed by atoms with Crippen LogP contribution < -0.4 is 0 Å². The third-order valence-electron chi connectivity index (χ3n) is 6.62. The van der Waals surface area contributed by atoms with Gasteiger partial charge in [0.1, 0.15) is 10.5 Å². The van der Waals surface area contributed by atoms with Crippen LogP contribution in [-0.4, -0.2) is 61.8 Å². The number of likely N-dealkylation sites (tertiary alicyclic amines) is 1. The van der Waals surface area contributed by atoms with Crippen LogP contribution in [0.4, 0.5) is 4.79 Å². The minimum Gasteiger partial charge on any atom is -0.310 e. The molecule has 0 radical (unpaired) electrons. The number of urea groups is 1. The number of likely N-dealkylation sites (N-methyl/N-ethyl adjacent to an activating group) is 1. The molecule has 0 bridgehead atoms. The number of thiazole rings is 1. The number of imide groups is 1. The van der Waals surface area contributed by atoms with Gasteiger partial charge < -0.3 is 4.90 Å². The Hall–Kier alpha value is -3.10. The van der Waals surface area contributed by atoms with E-state index in [4.69, 9.17) is 0 Å². The Morgan fingerprint density at radius 2 is 1.73 bits per heavy atom. The van der Waals surface area contributed by atoms with E-state index in [0.717, 1.165) is 35.9 Å². The average Bonchev–Trinajstić information content (AvgIpc) is 3.39. The minimum absolute atomic E-state index is 0.0798. The number of rotatable bonds is 6. The molecule has 1 spiro atoms. The molecule has 0 atom stereocenters. The van der Waals surface area contributed by atoms with Crippen LogP contribution in [0.25, 0.3) is 10.6 Å². The Labute approximate surface area is 197 Å². The van der Waals surface area contributed by atoms with Crippen LogP contribution in [0.1, 0.15) is 30.3 Å². The summed E-state index contributed by atoms with van der Waals surface area (Å²) in [5.74, 6) is -0.0798. The van der Waals surface area contributed by atoms with E-state index in [1.807, 2.05) is 49.5 Å². The van der Waals surface area contributed by atoms with Crippen molar-refractivity contribution < 1.29 is 9.59 Å². The molecule has 1 aromatic carbocycles. The van der Waals surface area contributed by atoms with Gasteiger partial charge in [-0.2, -0.15) is 0 Å². The number of amides is 3. The van der Waals surface area contributed by atoms with Gasteiger partial charge in [0.2, 0.25) is 0 Å². The number of aromatic nitrogens is 2. The molecular weight excluding hydrogens is 434 g/mol. The Morgan fingerprint density at radius 1 is 0.970 bits per heavy atom. The second-order valence-corrected chi connectivity index (χ2v) is 9.66. The molecule has 0 saturated carbocycles. The van der Waals surface area contributed by atoms with Gasteiger partial charge in [-0.25, -0.2) is 9.78 Å². The monoisotopic (exact) mass is 461 g/mol. The van der Waals surface area contributed by atoms with E-state index in [9.17, 15) is 9.59 Å². The third kappa shape index (κ3) is 4.05.